The second kappa shape index (κ2) is 9.09. The minimum Gasteiger partial charge on any atom is -0.0654 e. The third-order valence-electron chi connectivity index (χ3n) is 8.31. The molecule has 3 aliphatic carbocycles. The Morgan fingerprint density at radius 1 is 1.00 bits per heavy atom. The van der Waals surface area contributed by atoms with Crippen molar-refractivity contribution in [3.8, 4) is 0 Å². The van der Waals surface area contributed by atoms with Crippen LogP contribution in [-0.4, -0.2) is 0 Å². The zero-order valence-corrected chi connectivity index (χ0v) is 17.7. The van der Waals surface area contributed by atoms with Gasteiger partial charge >= 0.3 is 0 Å². The van der Waals surface area contributed by atoms with Gasteiger partial charge < -0.3 is 0 Å². The van der Waals surface area contributed by atoms with Gasteiger partial charge in [0.2, 0.25) is 0 Å². The SMILES string of the molecule is CCCCC(CC)C(C)CCC1(C)CCC(C(C)C)CC2CC1C2. The van der Waals surface area contributed by atoms with E-state index in [1.165, 1.54) is 57.8 Å². The van der Waals surface area contributed by atoms with Gasteiger partial charge in [-0.1, -0.05) is 67.2 Å². The maximum absolute atomic E-state index is 2.66. The van der Waals surface area contributed by atoms with Gasteiger partial charge in [-0.3, -0.25) is 0 Å². The highest BCUT2D eigenvalue weighted by Crippen LogP contribution is 2.56. The summed E-state index contributed by atoms with van der Waals surface area (Å²) in [6.45, 7) is 14.9. The summed E-state index contributed by atoms with van der Waals surface area (Å²) in [5.74, 6) is 5.93. The van der Waals surface area contributed by atoms with E-state index in [-0.39, 0.29) is 0 Å². The minimum atomic E-state index is 0.654. The van der Waals surface area contributed by atoms with E-state index < -0.39 is 0 Å². The van der Waals surface area contributed by atoms with Crippen molar-refractivity contribution in [2.75, 3.05) is 0 Å². The molecule has 0 N–H and O–H groups in total. The number of fused-ring (bicyclic) bond motifs is 4. The van der Waals surface area contributed by atoms with Gasteiger partial charge in [0.05, 0.1) is 0 Å². The molecule has 142 valence electrons. The van der Waals surface area contributed by atoms with E-state index in [4.69, 9.17) is 0 Å². The number of hydrogen-bond acceptors (Lipinski definition) is 0. The molecule has 4 unspecified atom stereocenters. The Labute approximate surface area is 153 Å². The molecular weight excluding hydrogens is 288 g/mol. The summed E-state index contributed by atoms with van der Waals surface area (Å²) < 4.78 is 0. The summed E-state index contributed by atoms with van der Waals surface area (Å²) in [5.41, 5.74) is 0.654. The van der Waals surface area contributed by atoms with Crippen LogP contribution in [0.15, 0.2) is 0 Å². The molecule has 3 rings (SSSR count). The second-order valence-electron chi connectivity index (χ2n) is 10.3. The van der Waals surface area contributed by atoms with E-state index in [1.54, 1.807) is 12.8 Å². The van der Waals surface area contributed by atoms with Crippen LogP contribution in [0, 0.1) is 40.9 Å². The smallest absolute Gasteiger partial charge is 0.0297 e. The molecular formula is C24H46. The fraction of sp³-hybridized carbons (Fsp3) is 1.00. The predicted molar refractivity (Wildman–Crippen MR) is 108 cm³/mol. The van der Waals surface area contributed by atoms with Crippen molar-refractivity contribution in [1.82, 2.24) is 0 Å². The molecule has 24 heavy (non-hydrogen) atoms. The molecule has 0 spiro atoms. The quantitative estimate of drug-likeness (QED) is 0.399. The molecule has 0 heteroatoms. The maximum Gasteiger partial charge on any atom is -0.0297 e. The van der Waals surface area contributed by atoms with Gasteiger partial charge in [-0.15, -0.1) is 0 Å². The lowest BCUT2D eigenvalue weighted by molar-refractivity contribution is -0.0146. The van der Waals surface area contributed by atoms with E-state index in [0.717, 1.165) is 35.5 Å². The number of unbranched alkanes of at least 4 members (excludes halogenated alkanes) is 1. The van der Waals surface area contributed by atoms with Gasteiger partial charge in [0, 0.05) is 0 Å². The summed E-state index contributed by atoms with van der Waals surface area (Å²) in [6, 6.07) is 0. The van der Waals surface area contributed by atoms with Crippen LogP contribution in [0.3, 0.4) is 0 Å². The van der Waals surface area contributed by atoms with Crippen LogP contribution in [0.2, 0.25) is 0 Å². The second-order valence-corrected chi connectivity index (χ2v) is 10.3. The van der Waals surface area contributed by atoms with E-state index >= 15 is 0 Å². The zero-order chi connectivity index (χ0) is 17.7. The molecule has 4 atom stereocenters. The highest BCUT2D eigenvalue weighted by Gasteiger charge is 2.45. The minimum absolute atomic E-state index is 0.654. The molecule has 3 aliphatic rings. The highest BCUT2D eigenvalue weighted by atomic mass is 14.5. The fourth-order valence-corrected chi connectivity index (χ4v) is 5.85. The molecule has 2 bridgehead atoms. The van der Waals surface area contributed by atoms with E-state index in [2.05, 4.69) is 41.5 Å². The van der Waals surface area contributed by atoms with Crippen molar-refractivity contribution in [2.24, 2.45) is 40.9 Å². The molecule has 3 fully saturated rings. The van der Waals surface area contributed by atoms with E-state index in [0.29, 0.717) is 5.41 Å². The molecule has 0 amide bonds. The van der Waals surface area contributed by atoms with Gasteiger partial charge in [-0.25, -0.2) is 0 Å². The largest absolute Gasteiger partial charge is 0.0654 e. The summed E-state index contributed by atoms with van der Waals surface area (Å²) in [7, 11) is 0. The zero-order valence-electron chi connectivity index (χ0n) is 17.7. The van der Waals surface area contributed by atoms with Gasteiger partial charge in [0.25, 0.3) is 0 Å². The Morgan fingerprint density at radius 2 is 1.71 bits per heavy atom. The Bertz CT molecular complexity index is 351. The van der Waals surface area contributed by atoms with Crippen LogP contribution in [0.5, 0.6) is 0 Å². The van der Waals surface area contributed by atoms with Crippen molar-refractivity contribution in [3.63, 3.8) is 0 Å². The molecule has 0 aromatic carbocycles. The maximum atomic E-state index is 2.66. The normalized spacial score (nSPS) is 35.9. The lowest BCUT2D eigenvalue weighted by atomic mass is 9.53. The number of rotatable bonds is 9. The molecule has 0 heterocycles. The van der Waals surface area contributed by atoms with Crippen LogP contribution in [0.4, 0.5) is 0 Å². The molecule has 0 aromatic rings. The van der Waals surface area contributed by atoms with Crippen LogP contribution >= 0.6 is 0 Å². The molecule has 0 nitrogen and oxygen atoms in total. The van der Waals surface area contributed by atoms with Crippen LogP contribution in [0.1, 0.15) is 112 Å². The van der Waals surface area contributed by atoms with Crippen LogP contribution in [-0.2, 0) is 0 Å². The summed E-state index contributed by atoms with van der Waals surface area (Å²) in [6.07, 6.45) is 16.3. The Balaban J connectivity index is 1.89. The fourth-order valence-electron chi connectivity index (χ4n) is 5.85. The molecule has 0 radical (unpaired) electrons. The summed E-state index contributed by atoms with van der Waals surface area (Å²) in [4.78, 5) is 0. The van der Waals surface area contributed by atoms with E-state index in [9.17, 15) is 0 Å². The Morgan fingerprint density at radius 3 is 2.29 bits per heavy atom. The van der Waals surface area contributed by atoms with Gasteiger partial charge in [-0.05, 0) is 85.9 Å². The average Bonchev–Trinajstić information content (AvgIpc) is 2.49. The lowest BCUT2D eigenvalue weighted by Gasteiger charge is -2.52. The van der Waals surface area contributed by atoms with Crippen molar-refractivity contribution < 1.29 is 0 Å². The van der Waals surface area contributed by atoms with Crippen molar-refractivity contribution in [2.45, 2.75) is 112 Å². The summed E-state index contributed by atoms with van der Waals surface area (Å²) in [5, 5.41) is 0. The monoisotopic (exact) mass is 334 g/mol. The van der Waals surface area contributed by atoms with Crippen LogP contribution < -0.4 is 0 Å². The predicted octanol–water partition coefficient (Wildman–Crippen LogP) is 8.11. The lowest BCUT2D eigenvalue weighted by Crippen LogP contribution is -2.42. The van der Waals surface area contributed by atoms with Gasteiger partial charge in [-0.2, -0.15) is 0 Å². The molecule has 3 saturated carbocycles. The van der Waals surface area contributed by atoms with E-state index in [1.807, 2.05) is 0 Å². The highest BCUT2D eigenvalue weighted by molar-refractivity contribution is 4.96. The average molecular weight is 335 g/mol. The summed E-state index contributed by atoms with van der Waals surface area (Å²) >= 11 is 0. The first-order valence-corrected chi connectivity index (χ1v) is 11.4. The third kappa shape index (κ3) is 5.01. The first-order valence-electron chi connectivity index (χ1n) is 11.4. The Hall–Kier alpha value is 0. The third-order valence-corrected chi connectivity index (χ3v) is 8.31. The standard InChI is InChI=1S/C24H46/c1-7-9-10-21(8-2)19(5)11-13-24(6)14-12-22(18(3)4)15-20-16-23(24)17-20/h18-23H,7-17H2,1-6H3. The van der Waals surface area contributed by atoms with Crippen molar-refractivity contribution >= 4 is 0 Å². The first-order chi connectivity index (χ1) is 11.4. The first kappa shape index (κ1) is 20.3. The van der Waals surface area contributed by atoms with Gasteiger partial charge in [0.1, 0.15) is 0 Å². The molecule has 0 aliphatic heterocycles. The molecule has 0 aromatic heterocycles. The topological polar surface area (TPSA) is 0 Å². The molecule has 0 saturated heterocycles. The van der Waals surface area contributed by atoms with Gasteiger partial charge in [0.15, 0.2) is 0 Å². The van der Waals surface area contributed by atoms with Crippen molar-refractivity contribution in [3.05, 3.63) is 0 Å². The van der Waals surface area contributed by atoms with Crippen LogP contribution in [0.25, 0.3) is 0 Å². The van der Waals surface area contributed by atoms with Crippen molar-refractivity contribution in [1.29, 1.82) is 0 Å². The Kier molecular flexibility index (Phi) is 7.69. The number of hydrogen-bond donors (Lipinski definition) is 0.